The van der Waals surface area contributed by atoms with E-state index < -0.39 is 11.9 Å². The highest BCUT2D eigenvalue weighted by atomic mass is 16.5. The first-order valence-corrected chi connectivity index (χ1v) is 5.83. The number of carbonyl (C=O) groups is 2. The Morgan fingerprint density at radius 3 is 2.81 bits per heavy atom. The smallest absolute Gasteiger partial charge is 0.335 e. The highest BCUT2D eigenvalue weighted by molar-refractivity contribution is 6.04. The maximum absolute atomic E-state index is 11.9. The van der Waals surface area contributed by atoms with E-state index in [2.05, 4.69) is 10.5 Å². The topological polar surface area (TPSA) is 122 Å². The van der Waals surface area contributed by atoms with Crippen molar-refractivity contribution in [3.05, 3.63) is 41.3 Å². The summed E-state index contributed by atoms with van der Waals surface area (Å²) in [5, 5.41) is 24.4. The van der Waals surface area contributed by atoms with Crippen LogP contribution in [0.4, 0.5) is 5.69 Å². The van der Waals surface area contributed by atoms with Crippen molar-refractivity contribution in [2.24, 2.45) is 0 Å². The minimum atomic E-state index is -1.17. The van der Waals surface area contributed by atoms with Gasteiger partial charge in [0.15, 0.2) is 11.5 Å². The second kappa shape index (κ2) is 6.06. The number of carboxylic acid groups (broad SMARTS) is 1. The number of aromatic carboxylic acids is 1. The third kappa shape index (κ3) is 3.37. The van der Waals surface area contributed by atoms with Crippen molar-refractivity contribution in [1.29, 1.82) is 0 Å². The van der Waals surface area contributed by atoms with E-state index in [9.17, 15) is 14.7 Å². The third-order valence-electron chi connectivity index (χ3n) is 2.57. The molecule has 0 spiro atoms. The second-order valence-electron chi connectivity index (χ2n) is 4.10. The van der Waals surface area contributed by atoms with Gasteiger partial charge < -0.3 is 24.8 Å². The molecule has 110 valence electrons. The average molecular weight is 292 g/mol. The number of rotatable bonds is 5. The van der Waals surface area contributed by atoms with Crippen LogP contribution in [0.5, 0.6) is 5.75 Å². The van der Waals surface area contributed by atoms with Crippen molar-refractivity contribution in [2.75, 3.05) is 12.4 Å². The van der Waals surface area contributed by atoms with Crippen LogP contribution < -0.4 is 5.32 Å². The van der Waals surface area contributed by atoms with Gasteiger partial charge in [0.2, 0.25) is 0 Å². The van der Waals surface area contributed by atoms with Gasteiger partial charge >= 0.3 is 5.97 Å². The van der Waals surface area contributed by atoms with E-state index >= 15 is 0 Å². The summed E-state index contributed by atoms with van der Waals surface area (Å²) >= 11 is 0. The van der Waals surface area contributed by atoms with Gasteiger partial charge in [0.1, 0.15) is 12.4 Å². The van der Waals surface area contributed by atoms with Crippen LogP contribution in [-0.4, -0.2) is 34.4 Å². The summed E-state index contributed by atoms with van der Waals surface area (Å²) in [6.45, 7) is 0.167. The van der Waals surface area contributed by atoms with Crippen molar-refractivity contribution in [3.8, 4) is 5.75 Å². The maximum Gasteiger partial charge on any atom is 0.335 e. The molecule has 0 aliphatic heterocycles. The normalized spacial score (nSPS) is 10.3. The number of amides is 1. The number of aromatic nitrogens is 1. The van der Waals surface area contributed by atoms with E-state index in [1.54, 1.807) is 0 Å². The number of hydrogen-bond donors (Lipinski definition) is 3. The lowest BCUT2D eigenvalue weighted by molar-refractivity contribution is 0.0696. The molecule has 1 aromatic carbocycles. The van der Waals surface area contributed by atoms with Crippen molar-refractivity contribution >= 4 is 17.6 Å². The number of phenolic OH excluding ortho intramolecular Hbond substituents is 1. The van der Waals surface area contributed by atoms with Gasteiger partial charge in [0.05, 0.1) is 11.3 Å². The van der Waals surface area contributed by atoms with Gasteiger partial charge in [-0.1, -0.05) is 5.16 Å². The number of carbonyl (C=O) groups excluding carboxylic acids is 1. The lowest BCUT2D eigenvalue weighted by atomic mass is 10.2. The number of ether oxygens (including phenoxy) is 1. The number of nitrogens with zero attached hydrogens (tertiary/aromatic N) is 1. The number of methoxy groups -OCH3 is 1. The molecule has 0 aliphatic carbocycles. The van der Waals surface area contributed by atoms with Crippen LogP contribution in [0.3, 0.4) is 0 Å². The van der Waals surface area contributed by atoms with Gasteiger partial charge in [-0.05, 0) is 18.2 Å². The van der Waals surface area contributed by atoms with Crippen molar-refractivity contribution in [2.45, 2.75) is 6.61 Å². The second-order valence-corrected chi connectivity index (χ2v) is 4.10. The molecule has 0 aliphatic rings. The molecular formula is C13H12N2O6. The SMILES string of the molecule is COCc1cc(C(=O)Nc2cc(C(=O)O)ccc2O)no1. The zero-order chi connectivity index (χ0) is 15.4. The average Bonchev–Trinajstić information content (AvgIpc) is 2.90. The fourth-order valence-electron chi connectivity index (χ4n) is 1.59. The van der Waals surface area contributed by atoms with Crippen LogP contribution in [0.1, 0.15) is 26.6 Å². The molecule has 0 unspecified atom stereocenters. The van der Waals surface area contributed by atoms with E-state index in [0.29, 0.717) is 5.76 Å². The summed E-state index contributed by atoms with van der Waals surface area (Å²) in [4.78, 5) is 22.8. The molecule has 2 aromatic rings. The highest BCUT2D eigenvalue weighted by Crippen LogP contribution is 2.24. The van der Waals surface area contributed by atoms with Gasteiger partial charge in [-0.15, -0.1) is 0 Å². The molecular weight excluding hydrogens is 280 g/mol. The number of benzene rings is 1. The predicted molar refractivity (Wildman–Crippen MR) is 70.2 cm³/mol. The number of anilines is 1. The fourth-order valence-corrected chi connectivity index (χ4v) is 1.59. The number of aromatic hydroxyl groups is 1. The summed E-state index contributed by atoms with van der Waals surface area (Å²) in [6.07, 6.45) is 0. The lowest BCUT2D eigenvalue weighted by Gasteiger charge is -2.06. The van der Waals surface area contributed by atoms with Crippen molar-refractivity contribution in [3.63, 3.8) is 0 Å². The Labute approximate surface area is 118 Å². The quantitative estimate of drug-likeness (QED) is 0.713. The Hall–Kier alpha value is -2.87. The van der Waals surface area contributed by atoms with E-state index in [1.807, 2.05) is 0 Å². The zero-order valence-corrected chi connectivity index (χ0v) is 11.0. The summed E-state index contributed by atoms with van der Waals surface area (Å²) in [6, 6.07) is 4.93. The molecule has 1 heterocycles. The van der Waals surface area contributed by atoms with Crippen LogP contribution in [0.25, 0.3) is 0 Å². The monoisotopic (exact) mass is 292 g/mol. The molecule has 3 N–H and O–H groups in total. The van der Waals surface area contributed by atoms with Crippen molar-refractivity contribution in [1.82, 2.24) is 5.16 Å². The van der Waals surface area contributed by atoms with Gasteiger partial charge in [-0.25, -0.2) is 4.79 Å². The molecule has 2 rings (SSSR count). The minimum absolute atomic E-state index is 0.0119. The zero-order valence-electron chi connectivity index (χ0n) is 11.0. The predicted octanol–water partition coefficient (Wildman–Crippen LogP) is 1.48. The first-order chi connectivity index (χ1) is 10.0. The fraction of sp³-hybridized carbons (Fsp3) is 0.154. The largest absolute Gasteiger partial charge is 0.506 e. The summed E-state index contributed by atoms with van der Waals surface area (Å²) in [7, 11) is 1.47. The van der Waals surface area contributed by atoms with E-state index in [0.717, 1.165) is 6.07 Å². The summed E-state index contributed by atoms with van der Waals surface area (Å²) < 4.78 is 9.69. The number of hydrogen-bond acceptors (Lipinski definition) is 6. The standard InChI is InChI=1S/C13H12N2O6/c1-20-6-8-5-10(15-21-8)12(17)14-9-4-7(13(18)19)2-3-11(9)16/h2-5,16H,6H2,1H3,(H,14,17)(H,18,19). The first-order valence-electron chi connectivity index (χ1n) is 5.83. The number of nitrogens with one attached hydrogen (secondary N) is 1. The Morgan fingerprint density at radius 1 is 1.38 bits per heavy atom. The number of phenols is 1. The van der Waals surface area contributed by atoms with Gasteiger partial charge in [-0.2, -0.15) is 0 Å². The molecule has 0 bridgehead atoms. The molecule has 0 atom stereocenters. The highest BCUT2D eigenvalue weighted by Gasteiger charge is 2.15. The van der Waals surface area contributed by atoms with Crippen molar-refractivity contribution < 1.29 is 29.1 Å². The summed E-state index contributed by atoms with van der Waals surface area (Å²) in [5.74, 6) is -1.70. The Bertz CT molecular complexity index is 679. The minimum Gasteiger partial charge on any atom is -0.506 e. The molecule has 0 fully saturated rings. The van der Waals surface area contributed by atoms with E-state index in [-0.39, 0.29) is 29.3 Å². The molecule has 21 heavy (non-hydrogen) atoms. The van der Waals surface area contributed by atoms with Gasteiger partial charge in [0.25, 0.3) is 5.91 Å². The van der Waals surface area contributed by atoms with E-state index in [1.165, 1.54) is 25.3 Å². The lowest BCUT2D eigenvalue weighted by Crippen LogP contribution is -2.13. The molecule has 8 heteroatoms. The maximum atomic E-state index is 11.9. The summed E-state index contributed by atoms with van der Waals surface area (Å²) in [5.41, 5.74) is -0.110. The molecule has 0 saturated carbocycles. The Morgan fingerprint density at radius 2 is 2.14 bits per heavy atom. The van der Waals surface area contributed by atoms with Crippen LogP contribution in [0.15, 0.2) is 28.8 Å². The Balaban J connectivity index is 2.18. The number of carboxylic acids is 1. The molecule has 1 aromatic heterocycles. The van der Waals surface area contributed by atoms with Crippen LogP contribution in [0, 0.1) is 0 Å². The van der Waals surface area contributed by atoms with Gasteiger partial charge in [-0.3, -0.25) is 4.79 Å². The van der Waals surface area contributed by atoms with Crippen LogP contribution >= 0.6 is 0 Å². The molecule has 0 saturated heterocycles. The van der Waals surface area contributed by atoms with Crippen LogP contribution in [0.2, 0.25) is 0 Å². The third-order valence-corrected chi connectivity index (χ3v) is 2.57. The Kier molecular flexibility index (Phi) is 4.19. The molecule has 1 amide bonds. The van der Waals surface area contributed by atoms with Crippen LogP contribution in [-0.2, 0) is 11.3 Å². The first kappa shape index (κ1) is 14.5. The molecule has 8 nitrogen and oxygen atoms in total. The molecule has 0 radical (unpaired) electrons. The van der Waals surface area contributed by atoms with Gasteiger partial charge in [0, 0.05) is 13.2 Å². The van der Waals surface area contributed by atoms with E-state index in [4.69, 9.17) is 14.4 Å².